The molecule has 0 aliphatic carbocycles. The molecule has 2 saturated heterocycles. The first-order chi connectivity index (χ1) is 9.40. The fourth-order valence-electron chi connectivity index (χ4n) is 2.55. The van der Waals surface area contributed by atoms with Gasteiger partial charge in [0, 0.05) is 44.5 Å². The first kappa shape index (κ1) is 18.9. The quantitative estimate of drug-likeness (QED) is 0.725. The Bertz CT molecular complexity index is 437. The predicted molar refractivity (Wildman–Crippen MR) is 74.1 cm³/mol. The zero-order valence-corrected chi connectivity index (χ0v) is 15.4. The molecule has 2 aliphatic rings. The summed E-state index contributed by atoms with van der Waals surface area (Å²) >= 11 is 1.55. The molecule has 0 aromatic heterocycles. The van der Waals surface area contributed by atoms with E-state index in [4.69, 9.17) is 10.8 Å². The van der Waals surface area contributed by atoms with Gasteiger partial charge in [0.15, 0.2) is 0 Å². The fourth-order valence-corrected chi connectivity index (χ4v) is 3.98. The van der Waals surface area contributed by atoms with E-state index < -0.39 is 24.1 Å². The third-order valence-electron chi connectivity index (χ3n) is 3.52. The minimum atomic E-state index is -0.975. The molecule has 3 N–H and O–H groups in total. The molecule has 2 fully saturated rings. The average molecular weight is 389 g/mol. The Morgan fingerprint density at radius 1 is 1.52 bits per heavy atom. The summed E-state index contributed by atoms with van der Waals surface area (Å²) in [6, 6.07) is -1.84. The van der Waals surface area contributed by atoms with Crippen LogP contribution in [0, 0.1) is 0 Å². The molecule has 0 aromatic carbocycles. The Hall–Kier alpha value is -0.176. The molecular weight excluding hydrogens is 371 g/mol. The van der Waals surface area contributed by atoms with Crippen molar-refractivity contribution in [2.45, 2.75) is 49.7 Å². The van der Waals surface area contributed by atoms with Gasteiger partial charge in [0.05, 0.1) is 11.8 Å². The summed E-state index contributed by atoms with van der Waals surface area (Å²) < 4.78 is 0. The van der Waals surface area contributed by atoms with E-state index in [2.05, 4.69) is 5.32 Å². The molecule has 2 unspecified atom stereocenters. The molecule has 7 nitrogen and oxygen atoms in total. The largest absolute Gasteiger partial charge is 0.667 e. The number of piperidine rings is 1. The van der Waals surface area contributed by atoms with Gasteiger partial charge < -0.3 is 21.1 Å². The van der Waals surface area contributed by atoms with Gasteiger partial charge in [0.25, 0.3) is 0 Å². The van der Waals surface area contributed by atoms with E-state index in [1.807, 2.05) is 0 Å². The van der Waals surface area contributed by atoms with E-state index in [0.717, 1.165) is 6.42 Å². The number of nitrogens with one attached hydrogen (secondary N) is 2. The van der Waals surface area contributed by atoms with Crippen molar-refractivity contribution in [1.29, 1.82) is 0 Å². The number of carbonyl (C=O) groups is 3. The summed E-state index contributed by atoms with van der Waals surface area (Å²) in [5.74, 6) is -1.08. The molecule has 21 heavy (non-hydrogen) atoms. The van der Waals surface area contributed by atoms with Crippen molar-refractivity contribution < 1.29 is 52.2 Å². The summed E-state index contributed by atoms with van der Waals surface area (Å²) in [5.41, 5.74) is 7.68. The average Bonchev–Trinajstić information content (AvgIpc) is 2.77. The Labute approximate surface area is 152 Å². The van der Waals surface area contributed by atoms with Crippen LogP contribution < -0.4 is 5.32 Å². The van der Waals surface area contributed by atoms with Crippen LogP contribution in [0.15, 0.2) is 0 Å². The van der Waals surface area contributed by atoms with Crippen molar-refractivity contribution in [3.8, 4) is 0 Å². The van der Waals surface area contributed by atoms with Crippen LogP contribution in [0.1, 0.15) is 26.2 Å². The smallest absolute Gasteiger partial charge is 0.305 e. The number of carboxylic acid groups (broad SMARTS) is 1. The Morgan fingerprint density at radius 2 is 2.19 bits per heavy atom. The van der Waals surface area contributed by atoms with Crippen molar-refractivity contribution in [2.24, 2.45) is 0 Å². The Morgan fingerprint density at radius 3 is 2.81 bits per heavy atom. The van der Waals surface area contributed by atoms with Gasteiger partial charge >= 0.3 is 5.97 Å². The standard InChI is InChI=1S/C12H18N3O4S.Y/c1-6(4-10(16)17)14-11(18)8-5-20-9-3-2-7(13)12(19)15(8)9;/h6-9,13H,2-5H2,1H3,(H,14,18)(H,16,17);/q-1;/t6-,7+,8?,9?;/m1./s1. The molecule has 0 aromatic rings. The van der Waals surface area contributed by atoms with Gasteiger partial charge in [0.1, 0.15) is 6.04 Å². The Kier molecular flexibility index (Phi) is 7.10. The van der Waals surface area contributed by atoms with Crippen LogP contribution in [-0.2, 0) is 47.1 Å². The van der Waals surface area contributed by atoms with E-state index in [1.54, 1.807) is 18.7 Å². The van der Waals surface area contributed by atoms with Gasteiger partial charge in [0.2, 0.25) is 11.8 Å². The van der Waals surface area contributed by atoms with Gasteiger partial charge in [-0.25, -0.2) is 0 Å². The molecule has 0 saturated carbocycles. The van der Waals surface area contributed by atoms with Gasteiger partial charge in [-0.05, 0) is 13.3 Å². The topological polar surface area (TPSA) is 111 Å². The summed E-state index contributed by atoms with van der Waals surface area (Å²) in [6.07, 6.45) is 1.12. The van der Waals surface area contributed by atoms with Crippen LogP contribution in [0.25, 0.3) is 5.73 Å². The molecule has 2 aliphatic heterocycles. The van der Waals surface area contributed by atoms with Gasteiger partial charge in [-0.1, -0.05) is 12.5 Å². The van der Waals surface area contributed by atoms with Crippen LogP contribution in [0.5, 0.6) is 0 Å². The first-order valence-corrected chi connectivity index (χ1v) is 7.62. The molecule has 0 bridgehead atoms. The number of thioether (sulfide) groups is 1. The minimum Gasteiger partial charge on any atom is -0.667 e. The number of hydrogen-bond acceptors (Lipinski definition) is 4. The zero-order chi connectivity index (χ0) is 14.9. The summed E-state index contributed by atoms with van der Waals surface area (Å²) in [7, 11) is 0. The third-order valence-corrected chi connectivity index (χ3v) is 4.88. The normalized spacial score (nSPS) is 29.3. The van der Waals surface area contributed by atoms with E-state index in [1.165, 1.54) is 4.90 Å². The molecule has 1 radical (unpaired) electrons. The molecule has 2 heterocycles. The molecule has 9 heteroatoms. The number of carboxylic acids is 1. The van der Waals surface area contributed by atoms with E-state index in [0.29, 0.717) is 12.2 Å². The van der Waals surface area contributed by atoms with Crippen LogP contribution >= 0.6 is 11.8 Å². The van der Waals surface area contributed by atoms with Crippen molar-refractivity contribution in [3.63, 3.8) is 0 Å². The zero-order valence-electron chi connectivity index (χ0n) is 11.7. The second-order valence-electron chi connectivity index (χ2n) is 5.19. The number of aliphatic carboxylic acids is 1. The van der Waals surface area contributed by atoms with Crippen LogP contribution in [0.3, 0.4) is 0 Å². The molecule has 4 atom stereocenters. The van der Waals surface area contributed by atoms with Crippen molar-refractivity contribution in [3.05, 3.63) is 5.73 Å². The van der Waals surface area contributed by atoms with E-state index in [9.17, 15) is 14.4 Å². The minimum absolute atomic E-state index is 0. The number of hydrogen-bond donors (Lipinski definition) is 2. The number of amides is 2. The number of fused-ring (bicyclic) bond motifs is 1. The monoisotopic (exact) mass is 389 g/mol. The SMILES string of the molecule is C[C@H](CC(=O)O)NC(=O)C1CSC2CC[C@H]([NH-])C(=O)N21.[Y]. The number of carbonyl (C=O) groups excluding carboxylic acids is 2. The van der Waals surface area contributed by atoms with Crippen molar-refractivity contribution in [1.82, 2.24) is 10.2 Å². The Balaban J connectivity index is 0.00000220. The predicted octanol–water partition coefficient (Wildman–Crippen LogP) is 0.448. The maximum Gasteiger partial charge on any atom is 0.305 e. The van der Waals surface area contributed by atoms with E-state index >= 15 is 0 Å². The molecule has 2 rings (SSSR count). The van der Waals surface area contributed by atoms with Crippen molar-refractivity contribution >= 4 is 29.5 Å². The van der Waals surface area contributed by atoms with Gasteiger partial charge in [-0.3, -0.25) is 14.4 Å². The molecule has 115 valence electrons. The number of rotatable bonds is 4. The second kappa shape index (κ2) is 7.90. The third kappa shape index (κ3) is 4.40. The first-order valence-electron chi connectivity index (χ1n) is 6.57. The fraction of sp³-hybridized carbons (Fsp3) is 0.750. The molecular formula is C12H18N3O4SY-. The van der Waals surface area contributed by atoms with Crippen LogP contribution in [0.4, 0.5) is 0 Å². The maximum absolute atomic E-state index is 12.2. The van der Waals surface area contributed by atoms with Gasteiger partial charge in [-0.2, -0.15) is 0 Å². The van der Waals surface area contributed by atoms with Crippen LogP contribution in [0.2, 0.25) is 0 Å². The van der Waals surface area contributed by atoms with Crippen LogP contribution in [-0.4, -0.2) is 57.0 Å². The maximum atomic E-state index is 12.2. The molecule has 0 spiro atoms. The number of nitrogens with zero attached hydrogens (tertiary/aromatic N) is 1. The summed E-state index contributed by atoms with van der Waals surface area (Å²) in [5, 5.41) is 11.3. The molecule has 2 amide bonds. The summed E-state index contributed by atoms with van der Waals surface area (Å²) in [6.45, 7) is 1.62. The summed E-state index contributed by atoms with van der Waals surface area (Å²) in [4.78, 5) is 36.3. The second-order valence-corrected chi connectivity index (χ2v) is 6.40. The van der Waals surface area contributed by atoms with Crippen molar-refractivity contribution in [2.75, 3.05) is 5.75 Å². The van der Waals surface area contributed by atoms with Gasteiger partial charge in [-0.15, -0.1) is 11.8 Å². The van der Waals surface area contributed by atoms with E-state index in [-0.39, 0.29) is 56.3 Å².